The van der Waals surface area contributed by atoms with Gasteiger partial charge in [-0.05, 0) is 5.92 Å². The monoisotopic (exact) mass is 282 g/mol. The molecule has 1 aromatic rings. The molecule has 1 unspecified atom stereocenters. The van der Waals surface area contributed by atoms with Gasteiger partial charge in [-0.25, -0.2) is 22.0 Å². The molecule has 1 amide bonds. The number of rotatable bonds is 4. The molecule has 0 aliphatic heterocycles. The molecule has 3 nitrogen and oxygen atoms in total. The van der Waals surface area contributed by atoms with Crippen molar-refractivity contribution < 1.29 is 26.7 Å². The normalized spacial score (nSPS) is 12.6. The second-order valence-electron chi connectivity index (χ2n) is 4.21. The van der Waals surface area contributed by atoms with Gasteiger partial charge in [0, 0.05) is 0 Å². The summed E-state index contributed by atoms with van der Waals surface area (Å²) in [4.78, 5) is 11.1. The number of hydrogen-bond acceptors (Lipinski definition) is 2. The van der Waals surface area contributed by atoms with Crippen molar-refractivity contribution in [2.45, 2.75) is 19.9 Å². The van der Waals surface area contributed by atoms with Crippen LogP contribution in [0.2, 0.25) is 0 Å². The molecule has 1 rings (SSSR count). The number of carbonyl (C=O) groups excluding carboxylic acids is 1. The fourth-order valence-electron chi connectivity index (χ4n) is 1.45. The summed E-state index contributed by atoms with van der Waals surface area (Å²) in [7, 11) is 0. The molecule has 1 atom stereocenters. The third kappa shape index (κ3) is 2.77. The number of nitrogens with one attached hydrogen (secondary N) is 1. The number of halogens is 5. The van der Waals surface area contributed by atoms with Crippen molar-refractivity contribution in [2.75, 3.05) is 5.32 Å². The summed E-state index contributed by atoms with van der Waals surface area (Å²) in [5, 5.41) is 1.95. The van der Waals surface area contributed by atoms with E-state index < -0.39 is 52.6 Å². The zero-order valence-corrected chi connectivity index (χ0v) is 10.0. The zero-order valence-electron chi connectivity index (χ0n) is 10.0. The zero-order chi connectivity index (χ0) is 14.9. The SMILES string of the molecule is CC(C)C(Nc1c(F)c(F)c(F)c(F)c1F)C(N)=O. The first kappa shape index (κ1) is 15.2. The standard InChI is InChI=1S/C11H11F5N2O/c1-3(2)9(11(17)19)18-10-7(15)5(13)4(12)6(14)8(10)16/h3,9,18H,1-2H3,(H2,17,19). The van der Waals surface area contributed by atoms with E-state index in [0.717, 1.165) is 0 Å². The van der Waals surface area contributed by atoms with Crippen LogP contribution in [0.5, 0.6) is 0 Å². The smallest absolute Gasteiger partial charge is 0.240 e. The van der Waals surface area contributed by atoms with Crippen LogP contribution in [0.25, 0.3) is 0 Å². The van der Waals surface area contributed by atoms with Crippen molar-refractivity contribution in [3.63, 3.8) is 0 Å². The summed E-state index contributed by atoms with van der Waals surface area (Å²) < 4.78 is 65.4. The van der Waals surface area contributed by atoms with Crippen molar-refractivity contribution in [3.8, 4) is 0 Å². The van der Waals surface area contributed by atoms with Gasteiger partial charge in [-0.15, -0.1) is 0 Å². The molecule has 0 saturated carbocycles. The molecule has 0 fully saturated rings. The van der Waals surface area contributed by atoms with Crippen LogP contribution in [-0.2, 0) is 4.79 Å². The van der Waals surface area contributed by atoms with Gasteiger partial charge in [0.05, 0.1) is 0 Å². The van der Waals surface area contributed by atoms with Crippen molar-refractivity contribution in [3.05, 3.63) is 29.1 Å². The van der Waals surface area contributed by atoms with E-state index in [0.29, 0.717) is 0 Å². The van der Waals surface area contributed by atoms with E-state index >= 15 is 0 Å². The van der Waals surface area contributed by atoms with Crippen LogP contribution in [0, 0.1) is 35.0 Å². The van der Waals surface area contributed by atoms with Crippen LogP contribution in [0.15, 0.2) is 0 Å². The second-order valence-corrected chi connectivity index (χ2v) is 4.21. The molecule has 0 heterocycles. The topological polar surface area (TPSA) is 55.1 Å². The molecule has 0 aliphatic carbocycles. The van der Waals surface area contributed by atoms with E-state index in [4.69, 9.17) is 5.73 Å². The lowest BCUT2D eigenvalue weighted by Gasteiger charge is -2.21. The van der Waals surface area contributed by atoms with E-state index in [1.807, 2.05) is 5.32 Å². The summed E-state index contributed by atoms with van der Waals surface area (Å²) in [6.07, 6.45) is 0. The molecule has 0 aromatic heterocycles. The minimum atomic E-state index is -2.26. The lowest BCUT2D eigenvalue weighted by molar-refractivity contribution is -0.119. The summed E-state index contributed by atoms with van der Waals surface area (Å²) in [5.41, 5.74) is 3.71. The number of anilines is 1. The lowest BCUT2D eigenvalue weighted by Crippen LogP contribution is -2.40. The van der Waals surface area contributed by atoms with Gasteiger partial charge in [-0.3, -0.25) is 4.79 Å². The summed E-state index contributed by atoms with van der Waals surface area (Å²) >= 11 is 0. The molecule has 19 heavy (non-hydrogen) atoms. The third-order valence-corrected chi connectivity index (χ3v) is 2.48. The number of nitrogens with two attached hydrogens (primary N) is 1. The number of carbonyl (C=O) groups is 1. The average molecular weight is 282 g/mol. The minimum absolute atomic E-state index is 0.507. The Kier molecular flexibility index (Phi) is 4.33. The maximum atomic E-state index is 13.4. The van der Waals surface area contributed by atoms with Crippen LogP contribution in [0.4, 0.5) is 27.6 Å². The highest BCUT2D eigenvalue weighted by Gasteiger charge is 2.29. The van der Waals surface area contributed by atoms with E-state index in [2.05, 4.69) is 0 Å². The highest BCUT2D eigenvalue weighted by Crippen LogP contribution is 2.28. The molecule has 3 N–H and O–H groups in total. The van der Waals surface area contributed by atoms with Crippen LogP contribution >= 0.6 is 0 Å². The fourth-order valence-corrected chi connectivity index (χ4v) is 1.45. The van der Waals surface area contributed by atoms with E-state index in [1.165, 1.54) is 13.8 Å². The Bertz CT molecular complexity index is 489. The highest BCUT2D eigenvalue weighted by molar-refractivity contribution is 5.83. The van der Waals surface area contributed by atoms with Crippen LogP contribution in [-0.4, -0.2) is 11.9 Å². The Balaban J connectivity index is 3.32. The number of hydrogen-bond donors (Lipinski definition) is 2. The summed E-state index contributed by atoms with van der Waals surface area (Å²) in [5.74, 6) is -12.0. The molecule has 106 valence electrons. The third-order valence-electron chi connectivity index (χ3n) is 2.48. The molecular formula is C11H11F5N2O. The summed E-state index contributed by atoms with van der Waals surface area (Å²) in [6.45, 7) is 2.99. The Morgan fingerprint density at radius 3 is 1.63 bits per heavy atom. The van der Waals surface area contributed by atoms with Crippen LogP contribution in [0.1, 0.15) is 13.8 Å². The van der Waals surface area contributed by atoms with Gasteiger partial charge >= 0.3 is 0 Å². The van der Waals surface area contributed by atoms with Gasteiger partial charge in [0.25, 0.3) is 0 Å². The van der Waals surface area contributed by atoms with Crippen molar-refractivity contribution in [2.24, 2.45) is 11.7 Å². The molecule has 0 saturated heterocycles. The summed E-state index contributed by atoms with van der Waals surface area (Å²) in [6, 6.07) is -1.27. The van der Waals surface area contributed by atoms with Gasteiger partial charge < -0.3 is 11.1 Å². The van der Waals surface area contributed by atoms with Gasteiger partial charge in [-0.1, -0.05) is 13.8 Å². The molecule has 0 radical (unpaired) electrons. The molecule has 1 aromatic carbocycles. The molecule has 0 spiro atoms. The molecular weight excluding hydrogens is 271 g/mol. The first-order chi connectivity index (χ1) is 8.68. The maximum absolute atomic E-state index is 13.4. The fraction of sp³-hybridized carbons (Fsp3) is 0.364. The van der Waals surface area contributed by atoms with Gasteiger partial charge in [0.15, 0.2) is 23.3 Å². The molecule has 0 bridgehead atoms. The van der Waals surface area contributed by atoms with Gasteiger partial charge in [0.1, 0.15) is 11.7 Å². The Morgan fingerprint density at radius 1 is 0.947 bits per heavy atom. The van der Waals surface area contributed by atoms with E-state index in [9.17, 15) is 26.7 Å². The van der Waals surface area contributed by atoms with Gasteiger partial charge in [-0.2, -0.15) is 0 Å². The molecule has 0 aliphatic rings. The number of primary amides is 1. The Labute approximate surface area is 105 Å². The predicted octanol–water partition coefficient (Wildman–Crippen LogP) is 2.30. The second kappa shape index (κ2) is 5.41. The minimum Gasteiger partial charge on any atom is -0.369 e. The first-order valence-corrected chi connectivity index (χ1v) is 5.25. The predicted molar refractivity (Wildman–Crippen MR) is 57.7 cm³/mol. The van der Waals surface area contributed by atoms with E-state index in [1.54, 1.807) is 0 Å². The van der Waals surface area contributed by atoms with Gasteiger partial charge in [0.2, 0.25) is 11.7 Å². The number of benzene rings is 1. The maximum Gasteiger partial charge on any atom is 0.240 e. The van der Waals surface area contributed by atoms with Crippen molar-refractivity contribution in [1.29, 1.82) is 0 Å². The Morgan fingerprint density at radius 2 is 1.32 bits per heavy atom. The van der Waals surface area contributed by atoms with Crippen LogP contribution in [0.3, 0.4) is 0 Å². The number of amides is 1. The van der Waals surface area contributed by atoms with Crippen molar-refractivity contribution in [1.82, 2.24) is 0 Å². The lowest BCUT2D eigenvalue weighted by atomic mass is 10.0. The van der Waals surface area contributed by atoms with Crippen LogP contribution < -0.4 is 11.1 Å². The van der Waals surface area contributed by atoms with E-state index in [-0.39, 0.29) is 0 Å². The first-order valence-electron chi connectivity index (χ1n) is 5.25. The van der Waals surface area contributed by atoms with Crippen molar-refractivity contribution >= 4 is 11.6 Å². The quantitative estimate of drug-likeness (QED) is 0.506. The Hall–Kier alpha value is -1.86. The average Bonchev–Trinajstić information content (AvgIpc) is 2.33. The highest BCUT2D eigenvalue weighted by atomic mass is 19.2. The largest absolute Gasteiger partial charge is 0.369 e. The molecule has 8 heteroatoms.